The molecule has 0 bridgehead atoms. The van der Waals surface area contributed by atoms with E-state index in [1.807, 2.05) is 33.4 Å². The summed E-state index contributed by atoms with van der Waals surface area (Å²) in [5.74, 6) is 3.03. The molecule has 0 nitrogen and oxygen atoms in total. The summed E-state index contributed by atoms with van der Waals surface area (Å²) in [4.78, 5) is 0. The second kappa shape index (κ2) is 7.49. The Bertz CT molecular complexity index is 1360. The van der Waals surface area contributed by atoms with Gasteiger partial charge in [0.1, 0.15) is 0 Å². The molecule has 0 aromatic rings. The van der Waals surface area contributed by atoms with Gasteiger partial charge in [0.15, 0.2) is 0 Å². The van der Waals surface area contributed by atoms with E-state index in [1.165, 1.54) is 94.4 Å². The lowest BCUT2D eigenvalue weighted by Gasteiger charge is -2.47. The van der Waals surface area contributed by atoms with E-state index >= 15 is 0 Å². The van der Waals surface area contributed by atoms with Gasteiger partial charge in [-0.05, 0) is 144 Å². The number of rotatable bonds is 0. The van der Waals surface area contributed by atoms with E-state index in [9.17, 15) is 0 Å². The average Bonchev–Trinajstić information content (AvgIpc) is 3.52. The van der Waals surface area contributed by atoms with Crippen LogP contribution in [0.15, 0.2) is 90.6 Å². The van der Waals surface area contributed by atoms with Gasteiger partial charge < -0.3 is 0 Å². The first-order valence-corrected chi connectivity index (χ1v) is 15.9. The molecule has 0 saturated heterocycles. The van der Waals surface area contributed by atoms with Crippen molar-refractivity contribution >= 4 is 15.9 Å². The van der Waals surface area contributed by atoms with Gasteiger partial charge in [0.05, 0.1) is 0 Å². The van der Waals surface area contributed by atoms with Gasteiger partial charge in [0.2, 0.25) is 0 Å². The highest BCUT2D eigenvalue weighted by molar-refractivity contribution is 9.11. The quantitative estimate of drug-likeness (QED) is 0.288. The van der Waals surface area contributed by atoms with Crippen LogP contribution in [0.3, 0.4) is 0 Å². The second-order valence-corrected chi connectivity index (χ2v) is 14.1. The highest BCUT2D eigenvalue weighted by atomic mass is 79.9. The van der Waals surface area contributed by atoms with E-state index in [0.29, 0.717) is 17.3 Å². The molecular formula is C35H37Br. The number of hydrogen-bond acceptors (Lipinski definition) is 0. The molecule has 36 heavy (non-hydrogen) atoms. The first-order valence-electron chi connectivity index (χ1n) is 15.1. The van der Waals surface area contributed by atoms with Gasteiger partial charge in [0, 0.05) is 17.3 Å². The largest absolute Gasteiger partial charge is 0.0839 e. The minimum absolute atomic E-state index is 0.297. The molecule has 5 atom stereocenters. The molecule has 0 radical (unpaired) electrons. The summed E-state index contributed by atoms with van der Waals surface area (Å²) in [7, 11) is 0. The molecule has 5 unspecified atom stereocenters. The fraction of sp³-hybridized carbons (Fsp3) is 0.543. The predicted octanol–water partition coefficient (Wildman–Crippen LogP) is 9.90. The van der Waals surface area contributed by atoms with Gasteiger partial charge in [-0.3, -0.25) is 0 Å². The SMILES string of the molecule is BrC1=CC2=C(CC1)C1CCCCC1C21C2=C(CCCC2)C2=C3C=CCC4C5=C(CCC=C5)C(=C34)CC21. The lowest BCUT2D eigenvalue weighted by atomic mass is 9.55. The third-order valence-electron chi connectivity index (χ3n) is 12.0. The van der Waals surface area contributed by atoms with Crippen LogP contribution >= 0.6 is 15.9 Å². The van der Waals surface area contributed by atoms with Crippen molar-refractivity contribution < 1.29 is 0 Å². The normalized spacial score (nSPS) is 40.0. The molecule has 0 aliphatic heterocycles. The lowest BCUT2D eigenvalue weighted by molar-refractivity contribution is 0.132. The first kappa shape index (κ1) is 21.3. The second-order valence-electron chi connectivity index (χ2n) is 13.1. The third-order valence-corrected chi connectivity index (χ3v) is 12.6. The third kappa shape index (κ3) is 2.44. The molecule has 0 N–H and O–H groups in total. The topological polar surface area (TPSA) is 0 Å². The van der Waals surface area contributed by atoms with Crippen molar-refractivity contribution in [1.29, 1.82) is 0 Å². The Morgan fingerprint density at radius 1 is 0.806 bits per heavy atom. The number of hydrogen-bond donors (Lipinski definition) is 0. The summed E-state index contributed by atoms with van der Waals surface area (Å²) >= 11 is 4.03. The Labute approximate surface area is 224 Å². The van der Waals surface area contributed by atoms with Crippen LogP contribution in [0.2, 0.25) is 0 Å². The summed E-state index contributed by atoms with van der Waals surface area (Å²) in [6.07, 6.45) is 31.7. The highest BCUT2D eigenvalue weighted by Gasteiger charge is 2.64. The minimum atomic E-state index is 0.297. The zero-order valence-electron chi connectivity index (χ0n) is 21.5. The van der Waals surface area contributed by atoms with Crippen LogP contribution in [-0.2, 0) is 0 Å². The van der Waals surface area contributed by atoms with Crippen molar-refractivity contribution in [1.82, 2.24) is 0 Å². The van der Waals surface area contributed by atoms with Crippen molar-refractivity contribution in [2.45, 2.75) is 89.9 Å². The zero-order valence-corrected chi connectivity index (χ0v) is 23.1. The summed E-state index contributed by atoms with van der Waals surface area (Å²) in [6, 6.07) is 0. The van der Waals surface area contributed by atoms with Crippen LogP contribution in [0.5, 0.6) is 0 Å². The molecular weight excluding hydrogens is 500 g/mol. The Balaban J connectivity index is 1.33. The van der Waals surface area contributed by atoms with Gasteiger partial charge in [-0.1, -0.05) is 64.2 Å². The maximum absolute atomic E-state index is 4.03. The van der Waals surface area contributed by atoms with Crippen molar-refractivity contribution in [3.8, 4) is 0 Å². The molecule has 1 saturated carbocycles. The van der Waals surface area contributed by atoms with E-state index < -0.39 is 0 Å². The fourth-order valence-corrected chi connectivity index (χ4v) is 11.5. The molecule has 1 spiro atoms. The van der Waals surface area contributed by atoms with Gasteiger partial charge in [-0.25, -0.2) is 0 Å². The number of halogens is 1. The molecule has 0 aromatic heterocycles. The van der Waals surface area contributed by atoms with Gasteiger partial charge >= 0.3 is 0 Å². The average molecular weight is 538 g/mol. The lowest BCUT2D eigenvalue weighted by Crippen LogP contribution is -2.40. The van der Waals surface area contributed by atoms with E-state index in [2.05, 4.69) is 46.3 Å². The van der Waals surface area contributed by atoms with Gasteiger partial charge in [-0.15, -0.1) is 0 Å². The van der Waals surface area contributed by atoms with Crippen molar-refractivity contribution in [2.75, 3.05) is 0 Å². The smallest absolute Gasteiger partial charge is 0.0273 e. The number of fused-ring (bicyclic) bond motifs is 10. The standard InChI is InChI=1S/C35H37Br/c36-20-16-17-24-23-10-3-5-14-29(23)35(31(24)18-20)30-15-6-4-11-26(30)34-27-13-7-12-25-21-8-1-2-9-22(21)28(33(25)27)19-32(34)35/h1,7-8,13,18,23,25,29,32H,2-6,9-12,14-17,19H2. The minimum Gasteiger partial charge on any atom is -0.0839 e. The summed E-state index contributed by atoms with van der Waals surface area (Å²) in [5.41, 5.74) is 18.4. The maximum atomic E-state index is 4.03. The van der Waals surface area contributed by atoms with E-state index in [-0.39, 0.29) is 0 Å². The van der Waals surface area contributed by atoms with Crippen molar-refractivity contribution in [3.05, 3.63) is 90.6 Å². The molecule has 184 valence electrons. The Kier molecular flexibility index (Phi) is 4.44. The van der Waals surface area contributed by atoms with Crippen LogP contribution in [0.4, 0.5) is 0 Å². The van der Waals surface area contributed by atoms with E-state index in [4.69, 9.17) is 0 Å². The molecule has 9 aliphatic carbocycles. The number of allylic oxidation sites excluding steroid dienone is 16. The van der Waals surface area contributed by atoms with E-state index in [1.54, 1.807) is 22.3 Å². The molecule has 1 fully saturated rings. The summed E-state index contributed by atoms with van der Waals surface area (Å²) in [6.45, 7) is 0. The summed E-state index contributed by atoms with van der Waals surface area (Å²) in [5, 5.41) is 0. The zero-order chi connectivity index (χ0) is 23.6. The molecule has 9 aliphatic rings. The van der Waals surface area contributed by atoms with Crippen LogP contribution in [-0.4, -0.2) is 0 Å². The van der Waals surface area contributed by atoms with Crippen molar-refractivity contribution in [2.24, 2.45) is 29.1 Å². The van der Waals surface area contributed by atoms with E-state index in [0.717, 1.165) is 11.8 Å². The first-order chi connectivity index (χ1) is 17.8. The maximum Gasteiger partial charge on any atom is 0.0273 e. The van der Waals surface area contributed by atoms with Gasteiger partial charge in [0.25, 0.3) is 0 Å². The molecule has 9 rings (SSSR count). The van der Waals surface area contributed by atoms with Crippen LogP contribution in [0.25, 0.3) is 0 Å². The van der Waals surface area contributed by atoms with Crippen LogP contribution < -0.4 is 0 Å². The molecule has 0 heterocycles. The summed E-state index contributed by atoms with van der Waals surface area (Å²) < 4.78 is 1.47. The highest BCUT2D eigenvalue weighted by Crippen LogP contribution is 2.74. The monoisotopic (exact) mass is 536 g/mol. The Morgan fingerprint density at radius 2 is 1.72 bits per heavy atom. The van der Waals surface area contributed by atoms with Crippen LogP contribution in [0.1, 0.15) is 89.9 Å². The molecule has 0 amide bonds. The Hall–Kier alpha value is -1.60. The van der Waals surface area contributed by atoms with Crippen LogP contribution in [0, 0.1) is 29.1 Å². The Morgan fingerprint density at radius 3 is 2.69 bits per heavy atom. The predicted molar refractivity (Wildman–Crippen MR) is 151 cm³/mol. The fourth-order valence-electron chi connectivity index (χ4n) is 11.1. The van der Waals surface area contributed by atoms with Crippen molar-refractivity contribution in [3.63, 3.8) is 0 Å². The molecule has 0 aromatic carbocycles. The molecule has 1 heteroatoms. The van der Waals surface area contributed by atoms with Gasteiger partial charge in [-0.2, -0.15) is 0 Å².